The maximum atomic E-state index is 12.7. The van der Waals surface area contributed by atoms with E-state index >= 15 is 0 Å². The SMILES string of the molecule is Cc1ccc(C(=O)N2CCC(c3ccc(NC(=O)C4CN(c5ccnnc5)C4)cc3)CC2)s1. The Morgan fingerprint density at radius 1 is 1.00 bits per heavy atom. The van der Waals surface area contributed by atoms with Crippen molar-refractivity contribution in [1.82, 2.24) is 15.1 Å². The van der Waals surface area contributed by atoms with Crippen LogP contribution < -0.4 is 10.2 Å². The van der Waals surface area contributed by atoms with Gasteiger partial charge in [-0.15, -0.1) is 11.3 Å². The van der Waals surface area contributed by atoms with Crippen LogP contribution in [0.2, 0.25) is 0 Å². The topological polar surface area (TPSA) is 78.4 Å². The zero-order valence-corrected chi connectivity index (χ0v) is 19.4. The third-order valence-corrected chi connectivity index (χ3v) is 7.56. The lowest BCUT2D eigenvalue weighted by molar-refractivity contribution is -0.120. The Kier molecular flexibility index (Phi) is 6.09. The molecule has 2 saturated heterocycles. The van der Waals surface area contributed by atoms with Gasteiger partial charge in [0.1, 0.15) is 0 Å². The maximum absolute atomic E-state index is 12.7. The predicted molar refractivity (Wildman–Crippen MR) is 130 cm³/mol. The van der Waals surface area contributed by atoms with E-state index in [1.54, 1.807) is 23.7 Å². The van der Waals surface area contributed by atoms with Crippen molar-refractivity contribution in [3.05, 3.63) is 70.2 Å². The van der Waals surface area contributed by atoms with Crippen LogP contribution in [0.3, 0.4) is 0 Å². The number of nitrogens with zero attached hydrogens (tertiary/aromatic N) is 4. The zero-order chi connectivity index (χ0) is 22.8. The number of anilines is 2. The van der Waals surface area contributed by atoms with E-state index in [0.29, 0.717) is 19.0 Å². The first kappa shape index (κ1) is 21.6. The minimum Gasteiger partial charge on any atom is -0.368 e. The summed E-state index contributed by atoms with van der Waals surface area (Å²) < 4.78 is 0. The van der Waals surface area contributed by atoms with Crippen LogP contribution in [0.5, 0.6) is 0 Å². The molecule has 170 valence electrons. The molecule has 8 heteroatoms. The van der Waals surface area contributed by atoms with Gasteiger partial charge in [0.2, 0.25) is 5.91 Å². The molecule has 4 heterocycles. The predicted octanol–water partition coefficient (Wildman–Crippen LogP) is 3.94. The molecule has 5 rings (SSSR count). The average molecular weight is 462 g/mol. The zero-order valence-electron chi connectivity index (χ0n) is 18.6. The number of hydrogen-bond acceptors (Lipinski definition) is 6. The van der Waals surface area contributed by atoms with Crippen molar-refractivity contribution in [1.29, 1.82) is 0 Å². The summed E-state index contributed by atoms with van der Waals surface area (Å²) in [4.78, 5) is 31.3. The second-order valence-electron chi connectivity index (χ2n) is 8.79. The molecule has 2 aliphatic rings. The van der Waals surface area contributed by atoms with Crippen molar-refractivity contribution in [2.24, 2.45) is 5.92 Å². The molecule has 2 aliphatic heterocycles. The number of benzene rings is 1. The minimum atomic E-state index is -0.0214. The quantitative estimate of drug-likeness (QED) is 0.623. The summed E-state index contributed by atoms with van der Waals surface area (Å²) in [7, 11) is 0. The second-order valence-corrected chi connectivity index (χ2v) is 10.1. The fraction of sp³-hybridized carbons (Fsp3) is 0.360. The molecule has 2 amide bonds. The van der Waals surface area contributed by atoms with E-state index < -0.39 is 0 Å². The van der Waals surface area contributed by atoms with Gasteiger partial charge in [-0.25, -0.2) is 0 Å². The molecule has 0 spiro atoms. The highest BCUT2D eigenvalue weighted by Crippen LogP contribution is 2.31. The van der Waals surface area contributed by atoms with Crippen LogP contribution in [0.15, 0.2) is 54.9 Å². The Hall–Kier alpha value is -3.26. The van der Waals surface area contributed by atoms with Crippen molar-refractivity contribution in [3.63, 3.8) is 0 Å². The highest BCUT2D eigenvalue weighted by Gasteiger charge is 2.33. The Labute approximate surface area is 197 Å². The van der Waals surface area contributed by atoms with E-state index in [0.717, 1.165) is 42.2 Å². The number of thiophene rings is 1. The fourth-order valence-corrected chi connectivity index (χ4v) is 5.37. The normalized spacial score (nSPS) is 17.0. The van der Waals surface area contributed by atoms with E-state index in [9.17, 15) is 9.59 Å². The maximum Gasteiger partial charge on any atom is 0.263 e. The summed E-state index contributed by atoms with van der Waals surface area (Å²) >= 11 is 1.57. The number of amides is 2. The van der Waals surface area contributed by atoms with Gasteiger partial charge in [0.05, 0.1) is 28.9 Å². The minimum absolute atomic E-state index is 0.0214. The van der Waals surface area contributed by atoms with Gasteiger partial charge in [0.15, 0.2) is 0 Å². The van der Waals surface area contributed by atoms with Gasteiger partial charge in [-0.05, 0) is 61.6 Å². The van der Waals surface area contributed by atoms with Crippen LogP contribution >= 0.6 is 11.3 Å². The molecule has 0 aliphatic carbocycles. The molecule has 0 bridgehead atoms. The number of aromatic nitrogens is 2. The third kappa shape index (κ3) is 4.75. The molecule has 0 radical (unpaired) electrons. The summed E-state index contributed by atoms with van der Waals surface area (Å²) in [5.41, 5.74) is 3.09. The standard InChI is InChI=1S/C25H27N5O2S/c1-17-2-7-23(33-17)25(32)29-12-9-19(10-13-29)18-3-5-21(6-4-18)28-24(31)20-15-30(16-20)22-8-11-26-27-14-22/h2-8,11,14,19-20H,9-10,12-13,15-16H2,1H3,(H,28,31). The summed E-state index contributed by atoms with van der Waals surface area (Å²) in [5.74, 6) is 0.626. The van der Waals surface area contributed by atoms with E-state index in [4.69, 9.17) is 0 Å². The number of carbonyl (C=O) groups is 2. The first-order chi connectivity index (χ1) is 16.1. The molecule has 1 N–H and O–H groups in total. The Morgan fingerprint density at radius 2 is 1.76 bits per heavy atom. The van der Waals surface area contributed by atoms with Crippen LogP contribution in [0, 0.1) is 12.8 Å². The Balaban J connectivity index is 1.10. The smallest absolute Gasteiger partial charge is 0.263 e. The van der Waals surface area contributed by atoms with Gasteiger partial charge in [0.25, 0.3) is 5.91 Å². The van der Waals surface area contributed by atoms with Crippen LogP contribution in [-0.4, -0.2) is 53.1 Å². The van der Waals surface area contributed by atoms with Crippen LogP contribution in [-0.2, 0) is 4.79 Å². The first-order valence-electron chi connectivity index (χ1n) is 11.3. The van der Waals surface area contributed by atoms with Gasteiger partial charge in [0, 0.05) is 36.7 Å². The number of likely N-dealkylation sites (tertiary alicyclic amines) is 1. The second kappa shape index (κ2) is 9.31. The van der Waals surface area contributed by atoms with Crippen molar-refractivity contribution in [2.45, 2.75) is 25.7 Å². The molecule has 33 heavy (non-hydrogen) atoms. The molecule has 3 aromatic rings. The summed E-state index contributed by atoms with van der Waals surface area (Å²) in [6, 6.07) is 14.0. The van der Waals surface area contributed by atoms with Gasteiger partial charge in [-0.3, -0.25) is 9.59 Å². The van der Waals surface area contributed by atoms with Gasteiger partial charge in [-0.1, -0.05) is 12.1 Å². The van der Waals surface area contributed by atoms with E-state index in [-0.39, 0.29) is 17.7 Å². The highest BCUT2D eigenvalue weighted by molar-refractivity contribution is 7.13. The van der Waals surface area contributed by atoms with Crippen LogP contribution in [0.25, 0.3) is 0 Å². The first-order valence-corrected chi connectivity index (χ1v) is 12.2. The number of rotatable bonds is 5. The van der Waals surface area contributed by atoms with Crippen molar-refractivity contribution in [3.8, 4) is 0 Å². The molecule has 0 atom stereocenters. The summed E-state index contributed by atoms with van der Waals surface area (Å²) in [5, 5.41) is 10.7. The molecule has 2 fully saturated rings. The lowest BCUT2D eigenvalue weighted by Crippen LogP contribution is -2.52. The largest absolute Gasteiger partial charge is 0.368 e. The fourth-order valence-electron chi connectivity index (χ4n) is 4.53. The number of piperidine rings is 1. The average Bonchev–Trinajstić information content (AvgIpc) is 3.25. The van der Waals surface area contributed by atoms with E-state index in [1.807, 2.05) is 42.2 Å². The number of carbonyl (C=O) groups excluding carboxylic acids is 2. The number of aryl methyl sites for hydroxylation is 1. The highest BCUT2D eigenvalue weighted by atomic mass is 32.1. The van der Waals surface area contributed by atoms with Crippen molar-refractivity contribution >= 4 is 34.5 Å². The van der Waals surface area contributed by atoms with Gasteiger partial charge < -0.3 is 15.1 Å². The van der Waals surface area contributed by atoms with Crippen LogP contribution in [0.4, 0.5) is 11.4 Å². The molecule has 0 saturated carbocycles. The molecular formula is C25H27N5O2S. The Morgan fingerprint density at radius 3 is 2.39 bits per heavy atom. The monoisotopic (exact) mass is 461 g/mol. The lowest BCUT2D eigenvalue weighted by Gasteiger charge is -2.39. The van der Waals surface area contributed by atoms with Gasteiger partial charge >= 0.3 is 0 Å². The Bertz CT molecular complexity index is 1120. The molecule has 0 unspecified atom stereocenters. The molecular weight excluding hydrogens is 434 g/mol. The van der Waals surface area contributed by atoms with Gasteiger partial charge in [-0.2, -0.15) is 10.2 Å². The van der Waals surface area contributed by atoms with Crippen molar-refractivity contribution < 1.29 is 9.59 Å². The van der Waals surface area contributed by atoms with Crippen LogP contribution in [0.1, 0.15) is 38.9 Å². The molecule has 7 nitrogen and oxygen atoms in total. The lowest BCUT2D eigenvalue weighted by atomic mass is 9.89. The molecule has 1 aromatic carbocycles. The number of nitrogens with one attached hydrogen (secondary N) is 1. The summed E-state index contributed by atoms with van der Waals surface area (Å²) in [6.45, 7) is 4.98. The number of hydrogen-bond donors (Lipinski definition) is 1. The van der Waals surface area contributed by atoms with Crippen molar-refractivity contribution in [2.75, 3.05) is 36.4 Å². The van der Waals surface area contributed by atoms with E-state index in [2.05, 4.69) is 32.5 Å². The third-order valence-electron chi connectivity index (χ3n) is 6.57. The molecule has 2 aromatic heterocycles. The van der Waals surface area contributed by atoms with E-state index in [1.165, 1.54) is 10.4 Å². The summed E-state index contributed by atoms with van der Waals surface area (Å²) in [6.07, 6.45) is 5.31.